The van der Waals surface area contributed by atoms with E-state index < -0.39 is 0 Å². The van der Waals surface area contributed by atoms with Crippen molar-refractivity contribution in [2.24, 2.45) is 0 Å². The van der Waals surface area contributed by atoms with Crippen molar-refractivity contribution in [1.29, 1.82) is 0 Å². The predicted octanol–water partition coefficient (Wildman–Crippen LogP) is 2.25. The van der Waals surface area contributed by atoms with Gasteiger partial charge in [-0.1, -0.05) is 12.1 Å². The summed E-state index contributed by atoms with van der Waals surface area (Å²) >= 11 is 0. The number of benzene rings is 1. The molecule has 5 nitrogen and oxygen atoms in total. The van der Waals surface area contributed by atoms with E-state index in [2.05, 4.69) is 15.3 Å². The fourth-order valence-electron chi connectivity index (χ4n) is 2.40. The second-order valence-electron chi connectivity index (χ2n) is 5.10. The lowest BCUT2D eigenvalue weighted by Crippen LogP contribution is -2.27. The minimum Gasteiger partial charge on any atom is -0.497 e. The molecular weight excluding hydrogens is 266 g/mol. The molecule has 1 atom stereocenters. The predicted molar refractivity (Wildman–Crippen MR) is 82.6 cm³/mol. The lowest BCUT2D eigenvalue weighted by atomic mass is 10.1. The number of rotatable bonds is 5. The van der Waals surface area contributed by atoms with Gasteiger partial charge >= 0.3 is 0 Å². The maximum Gasteiger partial charge on any atom is 0.255 e. The standard InChI is InChI=1S/C16H21N3O2/c1-10(15-11(2)18-12(3)19-16(15)20)17-9-13-6-5-7-14(8-13)21-4/h5-8,10,17H,9H2,1-4H3,(H,18,19,20). The molecule has 0 amide bonds. The van der Waals surface area contributed by atoms with E-state index >= 15 is 0 Å². The quantitative estimate of drug-likeness (QED) is 0.885. The molecule has 2 aromatic rings. The van der Waals surface area contributed by atoms with E-state index in [-0.39, 0.29) is 11.6 Å². The van der Waals surface area contributed by atoms with Gasteiger partial charge in [-0.3, -0.25) is 4.79 Å². The molecule has 2 N–H and O–H groups in total. The summed E-state index contributed by atoms with van der Waals surface area (Å²) in [6.45, 7) is 6.27. The number of nitrogens with zero attached hydrogens (tertiary/aromatic N) is 1. The summed E-state index contributed by atoms with van der Waals surface area (Å²) in [5.74, 6) is 1.47. The van der Waals surface area contributed by atoms with Crippen molar-refractivity contribution in [2.45, 2.75) is 33.4 Å². The van der Waals surface area contributed by atoms with Crippen molar-refractivity contribution < 1.29 is 4.74 Å². The largest absolute Gasteiger partial charge is 0.497 e. The van der Waals surface area contributed by atoms with Crippen LogP contribution < -0.4 is 15.6 Å². The van der Waals surface area contributed by atoms with Gasteiger partial charge in [0.1, 0.15) is 11.6 Å². The fourth-order valence-corrected chi connectivity index (χ4v) is 2.40. The van der Waals surface area contributed by atoms with Gasteiger partial charge in [-0.2, -0.15) is 0 Å². The Morgan fingerprint density at radius 2 is 2.14 bits per heavy atom. The average Bonchev–Trinajstić information content (AvgIpc) is 2.44. The molecule has 0 spiro atoms. The van der Waals surface area contributed by atoms with Crippen LogP contribution >= 0.6 is 0 Å². The Hall–Kier alpha value is -2.14. The van der Waals surface area contributed by atoms with E-state index in [9.17, 15) is 4.79 Å². The highest BCUT2D eigenvalue weighted by atomic mass is 16.5. The maximum atomic E-state index is 12.1. The van der Waals surface area contributed by atoms with E-state index in [0.717, 1.165) is 17.0 Å². The number of hydrogen-bond donors (Lipinski definition) is 2. The molecule has 2 rings (SSSR count). The summed E-state index contributed by atoms with van der Waals surface area (Å²) in [4.78, 5) is 19.1. The molecule has 1 unspecified atom stereocenters. The Morgan fingerprint density at radius 1 is 1.38 bits per heavy atom. The van der Waals surface area contributed by atoms with Crippen LogP contribution in [0.5, 0.6) is 5.75 Å². The van der Waals surface area contributed by atoms with Crippen molar-refractivity contribution in [3.05, 3.63) is 57.3 Å². The first-order chi connectivity index (χ1) is 10.0. The van der Waals surface area contributed by atoms with Crippen LogP contribution in [0.4, 0.5) is 0 Å². The third-order valence-electron chi connectivity index (χ3n) is 3.44. The Bertz CT molecular complexity index is 679. The second-order valence-corrected chi connectivity index (χ2v) is 5.10. The molecule has 0 aliphatic rings. The molecule has 0 fully saturated rings. The van der Waals surface area contributed by atoms with Gasteiger partial charge in [-0.15, -0.1) is 0 Å². The molecule has 0 aliphatic carbocycles. The van der Waals surface area contributed by atoms with Crippen LogP contribution in [0.1, 0.15) is 35.6 Å². The number of aryl methyl sites for hydroxylation is 2. The van der Waals surface area contributed by atoms with Gasteiger partial charge in [0.15, 0.2) is 0 Å². The summed E-state index contributed by atoms with van der Waals surface area (Å²) in [5.41, 5.74) is 2.48. The number of H-pyrrole nitrogens is 1. The number of hydrogen-bond acceptors (Lipinski definition) is 4. The van der Waals surface area contributed by atoms with E-state index in [1.54, 1.807) is 14.0 Å². The average molecular weight is 287 g/mol. The van der Waals surface area contributed by atoms with Crippen LogP contribution in [0, 0.1) is 13.8 Å². The van der Waals surface area contributed by atoms with Crippen LogP contribution in [0.25, 0.3) is 0 Å². The lowest BCUT2D eigenvalue weighted by Gasteiger charge is -2.15. The molecule has 1 heterocycles. The van der Waals surface area contributed by atoms with Gasteiger partial charge in [0.25, 0.3) is 5.56 Å². The third kappa shape index (κ3) is 3.70. The topological polar surface area (TPSA) is 67.0 Å². The zero-order valence-electron chi connectivity index (χ0n) is 12.9. The summed E-state index contributed by atoms with van der Waals surface area (Å²) in [5, 5.41) is 3.35. The van der Waals surface area contributed by atoms with Crippen molar-refractivity contribution in [3.8, 4) is 5.75 Å². The zero-order chi connectivity index (χ0) is 15.4. The molecule has 112 valence electrons. The maximum absolute atomic E-state index is 12.1. The smallest absolute Gasteiger partial charge is 0.255 e. The van der Waals surface area contributed by atoms with E-state index in [4.69, 9.17) is 4.74 Å². The fraction of sp³-hybridized carbons (Fsp3) is 0.375. The lowest BCUT2D eigenvalue weighted by molar-refractivity contribution is 0.414. The molecule has 21 heavy (non-hydrogen) atoms. The van der Waals surface area contributed by atoms with Gasteiger partial charge in [0, 0.05) is 18.3 Å². The number of ether oxygens (including phenoxy) is 1. The van der Waals surface area contributed by atoms with Crippen molar-refractivity contribution in [1.82, 2.24) is 15.3 Å². The molecule has 0 radical (unpaired) electrons. The molecule has 0 saturated carbocycles. The summed E-state index contributed by atoms with van der Waals surface area (Å²) in [6, 6.07) is 7.78. The Morgan fingerprint density at radius 3 is 2.81 bits per heavy atom. The Kier molecular flexibility index (Phi) is 4.75. The highest BCUT2D eigenvalue weighted by molar-refractivity contribution is 5.28. The number of nitrogens with one attached hydrogen (secondary N) is 2. The van der Waals surface area contributed by atoms with E-state index in [1.165, 1.54) is 0 Å². The first kappa shape index (κ1) is 15.3. The summed E-state index contributed by atoms with van der Waals surface area (Å²) in [7, 11) is 1.65. The van der Waals surface area contributed by atoms with Crippen molar-refractivity contribution in [2.75, 3.05) is 7.11 Å². The Labute approximate surface area is 124 Å². The summed E-state index contributed by atoms with van der Waals surface area (Å²) < 4.78 is 5.20. The van der Waals surface area contributed by atoms with Gasteiger partial charge in [0.2, 0.25) is 0 Å². The highest BCUT2D eigenvalue weighted by Gasteiger charge is 2.14. The molecule has 5 heteroatoms. The minimum absolute atomic E-state index is 0.0759. The first-order valence-electron chi connectivity index (χ1n) is 6.95. The van der Waals surface area contributed by atoms with Crippen molar-refractivity contribution in [3.63, 3.8) is 0 Å². The monoisotopic (exact) mass is 287 g/mol. The van der Waals surface area contributed by atoms with Crippen LogP contribution in [-0.2, 0) is 6.54 Å². The van der Waals surface area contributed by atoms with Crippen LogP contribution in [0.3, 0.4) is 0 Å². The first-order valence-corrected chi connectivity index (χ1v) is 6.95. The molecule has 0 saturated heterocycles. The normalized spacial score (nSPS) is 12.2. The van der Waals surface area contributed by atoms with E-state index in [0.29, 0.717) is 17.9 Å². The molecule has 0 bridgehead atoms. The van der Waals surface area contributed by atoms with Crippen LogP contribution in [0.15, 0.2) is 29.1 Å². The number of aromatic nitrogens is 2. The summed E-state index contributed by atoms with van der Waals surface area (Å²) in [6.07, 6.45) is 0. The van der Waals surface area contributed by atoms with Gasteiger partial charge in [0.05, 0.1) is 12.7 Å². The second kappa shape index (κ2) is 6.54. The van der Waals surface area contributed by atoms with Gasteiger partial charge < -0.3 is 15.0 Å². The highest BCUT2D eigenvalue weighted by Crippen LogP contribution is 2.15. The molecule has 1 aromatic heterocycles. The molecular formula is C16H21N3O2. The Balaban J connectivity index is 2.11. The molecule has 0 aliphatic heterocycles. The van der Waals surface area contributed by atoms with E-state index in [1.807, 2.05) is 38.1 Å². The van der Waals surface area contributed by atoms with Crippen LogP contribution in [-0.4, -0.2) is 17.1 Å². The number of methoxy groups -OCH3 is 1. The SMILES string of the molecule is COc1cccc(CNC(C)c2c(C)nc(C)[nH]c2=O)c1. The molecule has 1 aromatic carbocycles. The zero-order valence-corrected chi connectivity index (χ0v) is 12.9. The van der Waals surface area contributed by atoms with Gasteiger partial charge in [-0.25, -0.2) is 4.98 Å². The van der Waals surface area contributed by atoms with Crippen molar-refractivity contribution >= 4 is 0 Å². The minimum atomic E-state index is -0.0781. The number of aromatic amines is 1. The van der Waals surface area contributed by atoms with Gasteiger partial charge in [-0.05, 0) is 38.5 Å². The third-order valence-corrected chi connectivity index (χ3v) is 3.44. The van der Waals surface area contributed by atoms with Crippen LogP contribution in [0.2, 0.25) is 0 Å².